The first-order valence-corrected chi connectivity index (χ1v) is 11.8. The zero-order valence-corrected chi connectivity index (χ0v) is 20.1. The van der Waals surface area contributed by atoms with Crippen LogP contribution < -0.4 is 15.4 Å². The SMILES string of the molecule is O=C(Nc1cccc(F)c1)N[C@@](Cc1ccccc1)(c1ccc(Cl)cn1)c1cccc2c1OC(F)(F)C2. The number of pyridine rings is 1. The Morgan fingerprint density at radius 1 is 1.03 bits per heavy atom. The Morgan fingerprint density at radius 3 is 2.54 bits per heavy atom. The molecule has 9 heteroatoms. The van der Waals surface area contributed by atoms with Crippen molar-refractivity contribution in [1.82, 2.24) is 10.3 Å². The summed E-state index contributed by atoms with van der Waals surface area (Å²) in [5.41, 5.74) is 0.512. The van der Waals surface area contributed by atoms with E-state index in [0.717, 1.165) is 5.56 Å². The Bertz CT molecular complexity index is 1430. The number of carbonyl (C=O) groups excluding carboxylic acids is 1. The summed E-state index contributed by atoms with van der Waals surface area (Å²) in [4.78, 5) is 17.9. The number of hydrogen-bond acceptors (Lipinski definition) is 3. The number of ether oxygens (including phenoxy) is 1. The number of carbonyl (C=O) groups is 1. The Balaban J connectivity index is 1.67. The van der Waals surface area contributed by atoms with Gasteiger partial charge in [0.05, 0.1) is 17.1 Å². The molecule has 2 amide bonds. The van der Waals surface area contributed by atoms with Crippen molar-refractivity contribution in [1.29, 1.82) is 0 Å². The molecule has 0 saturated carbocycles. The maximum absolute atomic E-state index is 14.4. The van der Waals surface area contributed by atoms with E-state index in [4.69, 9.17) is 16.3 Å². The van der Waals surface area contributed by atoms with Crippen LogP contribution in [0.2, 0.25) is 5.02 Å². The monoisotopic (exact) mass is 523 g/mol. The molecule has 0 radical (unpaired) electrons. The smallest absolute Gasteiger partial charge is 0.402 e. The molecule has 0 fully saturated rings. The molecule has 0 spiro atoms. The van der Waals surface area contributed by atoms with Crippen LogP contribution >= 0.6 is 11.6 Å². The number of nitrogens with one attached hydrogen (secondary N) is 2. The molecule has 1 aromatic heterocycles. The molecule has 2 heterocycles. The van der Waals surface area contributed by atoms with Gasteiger partial charge in [-0.3, -0.25) is 4.98 Å². The van der Waals surface area contributed by atoms with Gasteiger partial charge in [-0.2, -0.15) is 8.78 Å². The highest BCUT2D eigenvalue weighted by molar-refractivity contribution is 6.30. The average molecular weight is 524 g/mol. The van der Waals surface area contributed by atoms with Crippen molar-refractivity contribution in [3.63, 3.8) is 0 Å². The first-order chi connectivity index (χ1) is 17.7. The summed E-state index contributed by atoms with van der Waals surface area (Å²) < 4.78 is 47.6. The predicted octanol–water partition coefficient (Wildman–Crippen LogP) is 6.71. The van der Waals surface area contributed by atoms with Gasteiger partial charge in [-0.15, -0.1) is 0 Å². The van der Waals surface area contributed by atoms with Crippen molar-refractivity contribution < 1.29 is 22.7 Å². The molecule has 37 heavy (non-hydrogen) atoms. The van der Waals surface area contributed by atoms with Crippen LogP contribution in [0.25, 0.3) is 0 Å². The second-order valence-electron chi connectivity index (χ2n) is 8.73. The first kappa shape index (κ1) is 24.6. The van der Waals surface area contributed by atoms with Crippen LogP contribution in [0.5, 0.6) is 5.75 Å². The van der Waals surface area contributed by atoms with E-state index in [1.165, 1.54) is 30.5 Å². The van der Waals surface area contributed by atoms with Crippen molar-refractivity contribution in [2.75, 3.05) is 5.32 Å². The van der Waals surface area contributed by atoms with Gasteiger partial charge in [0.2, 0.25) is 0 Å². The molecule has 0 unspecified atom stereocenters. The molecule has 4 aromatic rings. The van der Waals surface area contributed by atoms with E-state index in [0.29, 0.717) is 21.8 Å². The lowest BCUT2D eigenvalue weighted by atomic mass is 9.79. The molecule has 1 aliphatic rings. The van der Waals surface area contributed by atoms with Crippen LogP contribution in [0.1, 0.15) is 22.4 Å². The number of hydrogen-bond donors (Lipinski definition) is 2. The highest BCUT2D eigenvalue weighted by atomic mass is 35.5. The minimum absolute atomic E-state index is 0.0220. The standard InChI is InChI=1S/C28H21ClF3N3O2/c29-20-12-13-24(33-17-20)27(15-18-6-2-1-3-7-18,35-26(36)34-22-10-5-9-21(30)14-22)23-11-4-8-19-16-28(31,32)37-25(19)23/h1-14,17H,15-16H2,(H2,34,35,36)/t27-/m1/s1. The number of urea groups is 1. The van der Waals surface area contributed by atoms with Crippen LogP contribution in [-0.2, 0) is 18.4 Å². The van der Waals surface area contributed by atoms with Crippen LogP contribution in [-0.4, -0.2) is 17.1 Å². The highest BCUT2D eigenvalue weighted by Crippen LogP contribution is 2.46. The molecule has 2 N–H and O–H groups in total. The van der Waals surface area contributed by atoms with Crippen LogP contribution in [0.15, 0.2) is 91.1 Å². The largest absolute Gasteiger partial charge is 0.432 e. The molecule has 5 nitrogen and oxygen atoms in total. The lowest BCUT2D eigenvalue weighted by Crippen LogP contribution is -2.51. The van der Waals surface area contributed by atoms with E-state index >= 15 is 0 Å². The van der Waals surface area contributed by atoms with Crippen molar-refractivity contribution in [3.8, 4) is 5.75 Å². The summed E-state index contributed by atoms with van der Waals surface area (Å²) in [6, 6.07) is 22.0. The summed E-state index contributed by atoms with van der Waals surface area (Å²) in [6.07, 6.45) is -2.43. The zero-order valence-electron chi connectivity index (χ0n) is 19.4. The molecule has 188 valence electrons. The summed E-state index contributed by atoms with van der Waals surface area (Å²) in [5.74, 6) is -0.546. The fraction of sp³-hybridized carbons (Fsp3) is 0.143. The van der Waals surface area contributed by atoms with Crippen molar-refractivity contribution in [3.05, 3.63) is 124 Å². The summed E-state index contributed by atoms with van der Waals surface area (Å²) in [6.45, 7) is 0. The minimum Gasteiger partial charge on any atom is -0.432 e. The normalized spacial score (nSPS) is 15.2. The Labute approximate surface area is 216 Å². The van der Waals surface area contributed by atoms with E-state index in [9.17, 15) is 18.0 Å². The Kier molecular flexibility index (Phi) is 6.52. The zero-order chi connectivity index (χ0) is 26.0. The van der Waals surface area contributed by atoms with Crippen LogP contribution in [0.4, 0.5) is 23.7 Å². The van der Waals surface area contributed by atoms with E-state index in [1.807, 2.05) is 30.3 Å². The average Bonchev–Trinajstić information content (AvgIpc) is 3.18. The molecule has 1 atom stereocenters. The number of benzene rings is 3. The summed E-state index contributed by atoms with van der Waals surface area (Å²) in [7, 11) is 0. The van der Waals surface area contributed by atoms with Crippen LogP contribution in [0, 0.1) is 5.82 Å². The van der Waals surface area contributed by atoms with E-state index in [-0.39, 0.29) is 17.9 Å². The van der Waals surface area contributed by atoms with Gasteiger partial charge in [0.15, 0.2) is 0 Å². The number of fused-ring (bicyclic) bond motifs is 1. The number of nitrogens with zero attached hydrogens (tertiary/aromatic N) is 1. The number of aromatic nitrogens is 1. The second kappa shape index (κ2) is 9.78. The van der Waals surface area contributed by atoms with E-state index in [2.05, 4.69) is 15.6 Å². The maximum Gasteiger partial charge on any atom is 0.402 e. The fourth-order valence-electron chi connectivity index (χ4n) is 4.54. The van der Waals surface area contributed by atoms with E-state index in [1.54, 1.807) is 30.3 Å². The summed E-state index contributed by atoms with van der Waals surface area (Å²) >= 11 is 6.11. The van der Waals surface area contributed by atoms with Crippen molar-refractivity contribution in [2.24, 2.45) is 0 Å². The first-order valence-electron chi connectivity index (χ1n) is 11.4. The Hall–Kier alpha value is -4.04. The van der Waals surface area contributed by atoms with Gasteiger partial charge in [0.25, 0.3) is 0 Å². The molecule has 1 aliphatic heterocycles. The van der Waals surface area contributed by atoms with Crippen molar-refractivity contribution in [2.45, 2.75) is 24.5 Å². The molecule has 5 rings (SSSR count). The molecular formula is C28H21ClF3N3O2. The van der Waals surface area contributed by atoms with Gasteiger partial charge >= 0.3 is 12.1 Å². The van der Waals surface area contributed by atoms with Crippen molar-refractivity contribution >= 4 is 23.3 Å². The molecule has 0 bridgehead atoms. The Morgan fingerprint density at radius 2 is 1.81 bits per heavy atom. The second-order valence-corrected chi connectivity index (χ2v) is 9.17. The number of rotatable bonds is 6. The number of amides is 2. The lowest BCUT2D eigenvalue weighted by molar-refractivity contribution is -0.159. The topological polar surface area (TPSA) is 63.2 Å². The third-order valence-corrected chi connectivity index (χ3v) is 6.31. The lowest BCUT2D eigenvalue weighted by Gasteiger charge is -2.36. The minimum atomic E-state index is -3.39. The number of anilines is 1. The number of halogens is 4. The third-order valence-electron chi connectivity index (χ3n) is 6.09. The quantitative estimate of drug-likeness (QED) is 0.295. The highest BCUT2D eigenvalue weighted by Gasteiger charge is 2.47. The van der Waals surface area contributed by atoms with Gasteiger partial charge < -0.3 is 15.4 Å². The van der Waals surface area contributed by atoms with Gasteiger partial charge in [0, 0.05) is 29.4 Å². The molecule has 0 saturated heterocycles. The van der Waals surface area contributed by atoms with Crippen LogP contribution in [0.3, 0.4) is 0 Å². The van der Waals surface area contributed by atoms with E-state index < -0.39 is 29.9 Å². The molecule has 0 aliphatic carbocycles. The maximum atomic E-state index is 14.4. The summed E-state index contributed by atoms with van der Waals surface area (Å²) in [5, 5.41) is 5.94. The van der Waals surface area contributed by atoms with Gasteiger partial charge in [0.1, 0.15) is 17.1 Å². The number of para-hydroxylation sites is 1. The number of alkyl halides is 2. The van der Waals surface area contributed by atoms with Gasteiger partial charge in [-0.05, 0) is 35.9 Å². The fourth-order valence-corrected chi connectivity index (χ4v) is 4.65. The predicted molar refractivity (Wildman–Crippen MR) is 134 cm³/mol. The molecule has 3 aromatic carbocycles. The third kappa shape index (κ3) is 5.24. The van der Waals surface area contributed by atoms with Gasteiger partial charge in [-0.1, -0.05) is 66.2 Å². The van der Waals surface area contributed by atoms with Gasteiger partial charge in [-0.25, -0.2) is 9.18 Å². The molecular weight excluding hydrogens is 503 g/mol.